The summed E-state index contributed by atoms with van der Waals surface area (Å²) in [5.74, 6) is 0.592. The van der Waals surface area contributed by atoms with Crippen molar-refractivity contribution in [3.05, 3.63) is 18.2 Å². The van der Waals surface area contributed by atoms with E-state index in [-0.39, 0.29) is 0 Å². The topological polar surface area (TPSA) is 44.5 Å². The van der Waals surface area contributed by atoms with E-state index in [0.29, 0.717) is 23.5 Å². The average Bonchev–Trinajstić information content (AvgIpc) is 2.58. The van der Waals surface area contributed by atoms with Crippen LogP contribution in [0.5, 0.6) is 11.8 Å². The Hall–Kier alpha value is -1.85. The molecule has 1 aromatic heterocycles. The van der Waals surface area contributed by atoms with Gasteiger partial charge in [-0.15, -0.1) is 0 Å². The van der Waals surface area contributed by atoms with Crippen molar-refractivity contribution in [2.75, 3.05) is 6.61 Å². The minimum Gasteiger partial charge on any atom is -0.494 e. The van der Waals surface area contributed by atoms with Gasteiger partial charge in [-0.25, -0.2) is 0 Å². The van der Waals surface area contributed by atoms with Gasteiger partial charge in [-0.3, -0.25) is 0 Å². The molecule has 0 fully saturated rings. The molecule has 0 unspecified atom stereocenters. The van der Waals surface area contributed by atoms with Crippen LogP contribution in [0.2, 0.25) is 0 Å². The highest BCUT2D eigenvalue weighted by molar-refractivity contribution is 5.74. The molecule has 0 aliphatic heterocycles. The zero-order chi connectivity index (χ0) is 11.5. The fraction of sp³-hybridized carbons (Fsp3) is 0.300. The van der Waals surface area contributed by atoms with Crippen LogP contribution in [0.4, 0.5) is 8.78 Å². The van der Waals surface area contributed by atoms with E-state index in [2.05, 4.69) is 9.72 Å². The third kappa shape index (κ3) is 2.21. The molecule has 0 spiro atoms. The van der Waals surface area contributed by atoms with Crippen molar-refractivity contribution in [1.82, 2.24) is 4.98 Å². The van der Waals surface area contributed by atoms with Gasteiger partial charge in [-0.05, 0) is 19.1 Å². The van der Waals surface area contributed by atoms with Crippen molar-refractivity contribution < 1.29 is 22.7 Å². The quantitative estimate of drug-likeness (QED) is 0.808. The Labute approximate surface area is 89.8 Å². The second-order valence-electron chi connectivity index (χ2n) is 2.92. The highest BCUT2D eigenvalue weighted by Gasteiger charge is 2.12. The minimum absolute atomic E-state index is 0.349. The molecule has 16 heavy (non-hydrogen) atoms. The van der Waals surface area contributed by atoms with Gasteiger partial charge in [0.05, 0.1) is 6.61 Å². The smallest absolute Gasteiger partial charge is 0.399 e. The predicted molar refractivity (Wildman–Crippen MR) is 51.8 cm³/mol. The van der Waals surface area contributed by atoms with E-state index in [1.54, 1.807) is 18.2 Å². The summed E-state index contributed by atoms with van der Waals surface area (Å²) < 4.78 is 38.1. The Morgan fingerprint density at radius 2 is 2.25 bits per heavy atom. The second-order valence-corrected chi connectivity index (χ2v) is 2.92. The van der Waals surface area contributed by atoms with Crippen LogP contribution in [0.3, 0.4) is 0 Å². The zero-order valence-electron chi connectivity index (χ0n) is 8.44. The Morgan fingerprint density at radius 3 is 2.94 bits per heavy atom. The van der Waals surface area contributed by atoms with Gasteiger partial charge in [0, 0.05) is 6.07 Å². The Bertz CT molecular complexity index is 484. The third-order valence-electron chi connectivity index (χ3n) is 1.84. The number of rotatable bonds is 4. The van der Waals surface area contributed by atoms with Crippen molar-refractivity contribution >= 4 is 11.1 Å². The molecule has 0 atom stereocenters. The summed E-state index contributed by atoms with van der Waals surface area (Å²) in [4.78, 5) is 3.73. The SMILES string of the molecule is CCOc1ccc2nc(OC(F)F)oc2c1. The summed E-state index contributed by atoms with van der Waals surface area (Å²) in [5, 5.41) is 0. The van der Waals surface area contributed by atoms with E-state index < -0.39 is 12.7 Å². The normalized spacial score (nSPS) is 11.0. The summed E-state index contributed by atoms with van der Waals surface area (Å²) in [6.07, 6.45) is -0.446. The van der Waals surface area contributed by atoms with E-state index in [9.17, 15) is 8.78 Å². The zero-order valence-corrected chi connectivity index (χ0v) is 8.44. The predicted octanol–water partition coefficient (Wildman–Crippen LogP) is 2.83. The molecule has 0 aliphatic carbocycles. The van der Waals surface area contributed by atoms with Crippen molar-refractivity contribution in [2.24, 2.45) is 0 Å². The van der Waals surface area contributed by atoms with Gasteiger partial charge in [0.25, 0.3) is 0 Å². The van der Waals surface area contributed by atoms with Crippen LogP contribution in [0, 0.1) is 0 Å². The van der Waals surface area contributed by atoms with E-state index in [4.69, 9.17) is 9.15 Å². The van der Waals surface area contributed by atoms with Gasteiger partial charge in [-0.1, -0.05) is 0 Å². The Kier molecular flexibility index (Phi) is 2.89. The highest BCUT2D eigenvalue weighted by atomic mass is 19.3. The first-order valence-corrected chi connectivity index (χ1v) is 4.67. The Morgan fingerprint density at radius 1 is 1.44 bits per heavy atom. The van der Waals surface area contributed by atoms with Crippen LogP contribution in [0.25, 0.3) is 11.1 Å². The van der Waals surface area contributed by atoms with Gasteiger partial charge >= 0.3 is 12.7 Å². The van der Waals surface area contributed by atoms with E-state index in [1.807, 2.05) is 6.92 Å². The summed E-state index contributed by atoms with van der Waals surface area (Å²) in [6.45, 7) is -0.588. The first-order valence-electron chi connectivity index (χ1n) is 4.67. The molecule has 0 bridgehead atoms. The summed E-state index contributed by atoms with van der Waals surface area (Å²) in [5.41, 5.74) is 0.792. The maximum Gasteiger partial charge on any atom is 0.399 e. The fourth-order valence-electron chi connectivity index (χ4n) is 1.27. The Balaban J connectivity index is 2.30. The number of nitrogens with zero attached hydrogens (tertiary/aromatic N) is 1. The molecule has 0 aliphatic rings. The summed E-state index contributed by atoms with van der Waals surface area (Å²) >= 11 is 0. The van der Waals surface area contributed by atoms with Crippen LogP contribution in [-0.4, -0.2) is 18.2 Å². The van der Waals surface area contributed by atoms with Crippen molar-refractivity contribution in [3.8, 4) is 11.8 Å². The van der Waals surface area contributed by atoms with Crippen LogP contribution >= 0.6 is 0 Å². The molecule has 2 rings (SSSR count). The lowest BCUT2D eigenvalue weighted by atomic mass is 10.3. The molecule has 1 heterocycles. The molecular formula is C10H9F2NO3. The molecule has 2 aromatic rings. The fourth-order valence-corrected chi connectivity index (χ4v) is 1.27. The lowest BCUT2D eigenvalue weighted by molar-refractivity contribution is -0.0664. The van der Waals surface area contributed by atoms with E-state index >= 15 is 0 Å². The van der Waals surface area contributed by atoms with Crippen molar-refractivity contribution in [1.29, 1.82) is 0 Å². The average molecular weight is 229 g/mol. The van der Waals surface area contributed by atoms with Crippen molar-refractivity contribution in [2.45, 2.75) is 13.5 Å². The number of hydrogen-bond acceptors (Lipinski definition) is 4. The third-order valence-corrected chi connectivity index (χ3v) is 1.84. The molecule has 4 nitrogen and oxygen atoms in total. The minimum atomic E-state index is -2.94. The number of halogens is 2. The monoisotopic (exact) mass is 229 g/mol. The van der Waals surface area contributed by atoms with E-state index in [0.717, 1.165) is 0 Å². The molecule has 0 saturated heterocycles. The number of alkyl halides is 2. The van der Waals surface area contributed by atoms with Crippen LogP contribution in [0.15, 0.2) is 22.6 Å². The van der Waals surface area contributed by atoms with Gasteiger partial charge in [0.2, 0.25) is 0 Å². The number of oxazole rings is 1. The van der Waals surface area contributed by atoms with Crippen LogP contribution < -0.4 is 9.47 Å². The maximum atomic E-state index is 11.9. The lowest BCUT2D eigenvalue weighted by Gasteiger charge is -2.00. The molecule has 0 radical (unpaired) electrons. The second kappa shape index (κ2) is 4.34. The largest absolute Gasteiger partial charge is 0.494 e. The van der Waals surface area contributed by atoms with Gasteiger partial charge in [-0.2, -0.15) is 13.8 Å². The van der Waals surface area contributed by atoms with Crippen LogP contribution in [-0.2, 0) is 0 Å². The molecular weight excluding hydrogens is 220 g/mol. The number of hydrogen-bond donors (Lipinski definition) is 0. The van der Waals surface area contributed by atoms with Gasteiger partial charge in [0.1, 0.15) is 11.3 Å². The number of benzene rings is 1. The highest BCUT2D eigenvalue weighted by Crippen LogP contribution is 2.25. The maximum absolute atomic E-state index is 11.9. The van der Waals surface area contributed by atoms with Gasteiger partial charge < -0.3 is 13.9 Å². The van der Waals surface area contributed by atoms with E-state index in [1.165, 1.54) is 0 Å². The lowest BCUT2D eigenvalue weighted by Crippen LogP contribution is -2.01. The molecule has 6 heteroatoms. The standard InChI is InChI=1S/C10H9F2NO3/c1-2-14-6-3-4-7-8(5-6)15-10(13-7)16-9(11)12/h3-5,9H,2H2,1H3. The number of fused-ring (bicyclic) bond motifs is 1. The van der Waals surface area contributed by atoms with Gasteiger partial charge in [0.15, 0.2) is 5.58 Å². The van der Waals surface area contributed by atoms with Crippen LogP contribution in [0.1, 0.15) is 6.92 Å². The summed E-state index contributed by atoms with van der Waals surface area (Å²) in [7, 11) is 0. The molecule has 0 amide bonds. The first-order chi connectivity index (χ1) is 7.69. The number of ether oxygens (including phenoxy) is 2. The molecule has 0 N–H and O–H groups in total. The molecule has 0 saturated carbocycles. The summed E-state index contributed by atoms with van der Waals surface area (Å²) in [6, 6.07) is 4.87. The first kappa shape index (κ1) is 10.7. The number of aromatic nitrogens is 1. The van der Waals surface area contributed by atoms with Crippen molar-refractivity contribution in [3.63, 3.8) is 0 Å². The molecule has 1 aromatic carbocycles. The molecule has 86 valence electrons.